The van der Waals surface area contributed by atoms with Crippen molar-refractivity contribution >= 4 is 15.9 Å². The molecule has 1 amide bonds. The molecule has 146 valence electrons. The highest BCUT2D eigenvalue weighted by Crippen LogP contribution is 2.23. The van der Waals surface area contributed by atoms with E-state index in [1.54, 1.807) is 11.9 Å². The lowest BCUT2D eigenvalue weighted by Gasteiger charge is -2.35. The zero-order valence-electron chi connectivity index (χ0n) is 15.8. The van der Waals surface area contributed by atoms with Crippen molar-refractivity contribution in [1.29, 1.82) is 0 Å². The largest absolute Gasteiger partial charge is 0.494 e. The highest BCUT2D eigenvalue weighted by molar-refractivity contribution is 7.89. The molecule has 0 radical (unpaired) electrons. The predicted molar refractivity (Wildman–Crippen MR) is 103 cm³/mol. The summed E-state index contributed by atoms with van der Waals surface area (Å²) < 4.78 is 32.0. The van der Waals surface area contributed by atoms with Crippen LogP contribution >= 0.6 is 0 Å². The highest BCUT2D eigenvalue weighted by Gasteiger charge is 2.37. The SMILES string of the molecule is CCCS(=O)(=O)N1CCCCC1C(=O)N(C)CCCOc1ccccc1. The molecule has 1 aromatic rings. The van der Waals surface area contributed by atoms with Crippen LogP contribution in [0.5, 0.6) is 5.75 Å². The highest BCUT2D eigenvalue weighted by atomic mass is 32.2. The summed E-state index contributed by atoms with van der Waals surface area (Å²) in [5.74, 6) is 0.806. The lowest BCUT2D eigenvalue weighted by Crippen LogP contribution is -2.52. The van der Waals surface area contributed by atoms with Crippen molar-refractivity contribution in [2.45, 2.75) is 45.1 Å². The molecule has 1 aliphatic rings. The second-order valence-electron chi connectivity index (χ2n) is 6.71. The fourth-order valence-corrected chi connectivity index (χ4v) is 4.97. The Hall–Kier alpha value is -1.60. The van der Waals surface area contributed by atoms with Crippen molar-refractivity contribution in [3.63, 3.8) is 0 Å². The average Bonchev–Trinajstić information content (AvgIpc) is 2.65. The van der Waals surface area contributed by atoms with Gasteiger partial charge in [0.1, 0.15) is 11.8 Å². The number of likely N-dealkylation sites (N-methyl/N-ethyl adjacent to an activating group) is 1. The molecule has 1 heterocycles. The van der Waals surface area contributed by atoms with Crippen LogP contribution < -0.4 is 4.74 Å². The van der Waals surface area contributed by atoms with E-state index in [-0.39, 0.29) is 11.7 Å². The van der Waals surface area contributed by atoms with Gasteiger partial charge in [-0.2, -0.15) is 4.31 Å². The molecule has 0 aliphatic carbocycles. The van der Waals surface area contributed by atoms with Gasteiger partial charge in [0, 0.05) is 20.1 Å². The summed E-state index contributed by atoms with van der Waals surface area (Å²) in [6.45, 7) is 3.36. The summed E-state index contributed by atoms with van der Waals surface area (Å²) in [4.78, 5) is 14.4. The molecule has 1 aliphatic heterocycles. The standard InChI is InChI=1S/C19H30N2O4S/c1-3-16-26(23,24)21-14-8-7-12-18(21)19(22)20(2)13-9-15-25-17-10-5-4-6-11-17/h4-6,10-11,18H,3,7-9,12-16H2,1-2H3. The molecular weight excluding hydrogens is 352 g/mol. The first-order valence-corrected chi connectivity index (χ1v) is 11.0. The molecular formula is C19H30N2O4S. The van der Waals surface area contributed by atoms with Crippen LogP contribution in [-0.2, 0) is 14.8 Å². The molecule has 1 aromatic carbocycles. The Morgan fingerprint density at radius 2 is 2.00 bits per heavy atom. The first-order valence-electron chi connectivity index (χ1n) is 9.38. The van der Waals surface area contributed by atoms with Gasteiger partial charge in [0.15, 0.2) is 0 Å². The third kappa shape index (κ3) is 5.71. The summed E-state index contributed by atoms with van der Waals surface area (Å²) in [7, 11) is -1.62. The summed E-state index contributed by atoms with van der Waals surface area (Å²) in [6, 6.07) is 9.00. The fraction of sp³-hybridized carbons (Fsp3) is 0.632. The number of amides is 1. The van der Waals surface area contributed by atoms with Crippen LogP contribution in [0, 0.1) is 0 Å². The van der Waals surface area contributed by atoms with E-state index in [0.29, 0.717) is 39.0 Å². The average molecular weight is 383 g/mol. The number of nitrogens with zero attached hydrogens (tertiary/aromatic N) is 2. The summed E-state index contributed by atoms with van der Waals surface area (Å²) in [6.07, 6.45) is 3.57. The minimum absolute atomic E-state index is 0.103. The second kappa shape index (κ2) is 9.92. The fourth-order valence-electron chi connectivity index (χ4n) is 3.23. The van der Waals surface area contributed by atoms with Crippen LogP contribution in [0.4, 0.5) is 0 Å². The van der Waals surface area contributed by atoms with Crippen molar-refractivity contribution in [1.82, 2.24) is 9.21 Å². The Morgan fingerprint density at radius 1 is 1.27 bits per heavy atom. The predicted octanol–water partition coefficient (Wildman–Crippen LogP) is 2.51. The first kappa shape index (κ1) is 20.7. The van der Waals surface area contributed by atoms with E-state index in [9.17, 15) is 13.2 Å². The number of benzene rings is 1. The number of ether oxygens (including phenoxy) is 1. The molecule has 26 heavy (non-hydrogen) atoms. The molecule has 1 saturated heterocycles. The van der Waals surface area contributed by atoms with Gasteiger partial charge in [-0.15, -0.1) is 0 Å². The van der Waals surface area contributed by atoms with Gasteiger partial charge in [-0.3, -0.25) is 4.79 Å². The van der Waals surface area contributed by atoms with Crippen LogP contribution in [0.2, 0.25) is 0 Å². The number of hydrogen-bond donors (Lipinski definition) is 0. The van der Waals surface area contributed by atoms with Crippen molar-refractivity contribution < 1.29 is 17.9 Å². The number of sulfonamides is 1. The lowest BCUT2D eigenvalue weighted by atomic mass is 10.0. The van der Waals surface area contributed by atoms with E-state index in [1.807, 2.05) is 37.3 Å². The van der Waals surface area contributed by atoms with Crippen molar-refractivity contribution in [3.05, 3.63) is 30.3 Å². The van der Waals surface area contributed by atoms with Gasteiger partial charge in [-0.25, -0.2) is 8.42 Å². The summed E-state index contributed by atoms with van der Waals surface area (Å²) >= 11 is 0. The van der Waals surface area contributed by atoms with E-state index in [1.165, 1.54) is 4.31 Å². The minimum Gasteiger partial charge on any atom is -0.494 e. The number of piperidine rings is 1. The monoisotopic (exact) mass is 382 g/mol. The number of para-hydroxylation sites is 1. The molecule has 0 aromatic heterocycles. The maximum Gasteiger partial charge on any atom is 0.240 e. The number of rotatable bonds is 9. The van der Waals surface area contributed by atoms with Gasteiger partial charge < -0.3 is 9.64 Å². The Morgan fingerprint density at radius 3 is 2.69 bits per heavy atom. The molecule has 0 spiro atoms. The lowest BCUT2D eigenvalue weighted by molar-refractivity contribution is -0.135. The van der Waals surface area contributed by atoms with Crippen LogP contribution in [0.1, 0.15) is 39.0 Å². The van der Waals surface area contributed by atoms with Crippen LogP contribution in [-0.4, -0.2) is 62.1 Å². The zero-order chi connectivity index (χ0) is 19.0. The molecule has 6 nitrogen and oxygen atoms in total. The Bertz CT molecular complexity index is 663. The second-order valence-corrected chi connectivity index (χ2v) is 8.75. The third-order valence-electron chi connectivity index (χ3n) is 4.58. The maximum atomic E-state index is 12.8. The van der Waals surface area contributed by atoms with E-state index < -0.39 is 16.1 Å². The van der Waals surface area contributed by atoms with Gasteiger partial charge in [-0.1, -0.05) is 31.5 Å². The molecule has 1 fully saturated rings. The van der Waals surface area contributed by atoms with Crippen LogP contribution in [0.15, 0.2) is 30.3 Å². The Labute approximate surface area is 157 Å². The maximum absolute atomic E-state index is 12.8. The van der Waals surface area contributed by atoms with E-state index in [4.69, 9.17) is 4.74 Å². The first-order chi connectivity index (χ1) is 12.5. The molecule has 0 bridgehead atoms. The molecule has 1 unspecified atom stereocenters. The van der Waals surface area contributed by atoms with Crippen LogP contribution in [0.3, 0.4) is 0 Å². The smallest absolute Gasteiger partial charge is 0.240 e. The van der Waals surface area contributed by atoms with E-state index >= 15 is 0 Å². The Kier molecular flexibility index (Phi) is 7.90. The van der Waals surface area contributed by atoms with Gasteiger partial charge in [0.25, 0.3) is 0 Å². The normalized spacial score (nSPS) is 18.5. The van der Waals surface area contributed by atoms with Gasteiger partial charge >= 0.3 is 0 Å². The summed E-state index contributed by atoms with van der Waals surface area (Å²) in [5.41, 5.74) is 0. The van der Waals surface area contributed by atoms with Crippen molar-refractivity contribution in [2.24, 2.45) is 0 Å². The van der Waals surface area contributed by atoms with Crippen LogP contribution in [0.25, 0.3) is 0 Å². The zero-order valence-corrected chi connectivity index (χ0v) is 16.6. The number of hydrogen-bond acceptors (Lipinski definition) is 4. The third-order valence-corrected chi connectivity index (χ3v) is 6.66. The topological polar surface area (TPSA) is 66.9 Å². The minimum atomic E-state index is -3.36. The Balaban J connectivity index is 1.86. The molecule has 7 heteroatoms. The molecule has 0 saturated carbocycles. The molecule has 1 atom stereocenters. The van der Waals surface area contributed by atoms with Gasteiger partial charge in [0.05, 0.1) is 12.4 Å². The van der Waals surface area contributed by atoms with Crippen molar-refractivity contribution in [2.75, 3.05) is 32.5 Å². The van der Waals surface area contributed by atoms with Gasteiger partial charge in [0.2, 0.25) is 15.9 Å². The number of carbonyl (C=O) groups excluding carboxylic acids is 1. The van der Waals surface area contributed by atoms with Crippen molar-refractivity contribution in [3.8, 4) is 5.75 Å². The quantitative estimate of drug-likeness (QED) is 0.616. The number of carbonyl (C=O) groups is 1. The van der Waals surface area contributed by atoms with E-state index in [2.05, 4.69) is 0 Å². The molecule has 2 rings (SSSR count). The molecule has 0 N–H and O–H groups in total. The van der Waals surface area contributed by atoms with Gasteiger partial charge in [-0.05, 0) is 37.8 Å². The van der Waals surface area contributed by atoms with E-state index in [0.717, 1.165) is 18.6 Å². The summed E-state index contributed by atoms with van der Waals surface area (Å²) in [5, 5.41) is 0.